The number of anilines is 2. The Morgan fingerprint density at radius 1 is 1.44 bits per heavy atom. The highest BCUT2D eigenvalue weighted by Gasteiger charge is 2.13. The molecule has 0 atom stereocenters. The van der Waals surface area contributed by atoms with Crippen LogP contribution in [0.25, 0.3) is 0 Å². The van der Waals surface area contributed by atoms with Crippen molar-refractivity contribution in [1.29, 1.82) is 0 Å². The van der Waals surface area contributed by atoms with Gasteiger partial charge in [-0.05, 0) is 6.92 Å². The average Bonchev–Trinajstić information content (AvgIpc) is 2.61. The molecule has 0 amide bonds. The van der Waals surface area contributed by atoms with Crippen LogP contribution in [0.15, 0.2) is 18.7 Å². The fraction of sp³-hybridized carbons (Fsp3) is 0.111. The molecule has 0 bridgehead atoms. The predicted octanol–water partition coefficient (Wildman–Crippen LogP) is 1.68. The Labute approximate surface area is 95.0 Å². The van der Waals surface area contributed by atoms with Gasteiger partial charge in [-0.2, -0.15) is 0 Å². The third kappa shape index (κ3) is 2.14. The summed E-state index contributed by atoms with van der Waals surface area (Å²) < 4.78 is 0. The van der Waals surface area contributed by atoms with E-state index in [9.17, 15) is 4.79 Å². The van der Waals surface area contributed by atoms with Crippen molar-refractivity contribution in [3.8, 4) is 0 Å². The number of thiazole rings is 1. The van der Waals surface area contributed by atoms with E-state index in [2.05, 4.69) is 20.3 Å². The van der Waals surface area contributed by atoms with Gasteiger partial charge in [0, 0.05) is 0 Å². The van der Waals surface area contributed by atoms with Crippen LogP contribution in [0.5, 0.6) is 0 Å². The van der Waals surface area contributed by atoms with Crippen molar-refractivity contribution in [3.63, 3.8) is 0 Å². The van der Waals surface area contributed by atoms with E-state index in [1.807, 2.05) is 0 Å². The van der Waals surface area contributed by atoms with Crippen LogP contribution in [0.1, 0.15) is 15.4 Å². The standard InChI is InChI=1S/C9H8N4O2S/c1-5-7(8(14)15)16-9(12-5)13-6-2-10-4-11-3-6/h2-4H,1H3,(H,12,13)(H,14,15). The Balaban J connectivity index is 2.23. The molecule has 7 heteroatoms. The minimum absolute atomic E-state index is 0.236. The van der Waals surface area contributed by atoms with Crippen molar-refractivity contribution in [3.05, 3.63) is 29.3 Å². The van der Waals surface area contributed by atoms with Gasteiger partial charge in [0.1, 0.15) is 11.2 Å². The lowest BCUT2D eigenvalue weighted by Gasteiger charge is -1.98. The molecule has 2 rings (SSSR count). The largest absolute Gasteiger partial charge is 0.477 e. The molecular weight excluding hydrogens is 228 g/mol. The molecule has 2 aromatic rings. The first-order valence-corrected chi connectivity index (χ1v) is 5.21. The molecule has 2 aromatic heterocycles. The minimum Gasteiger partial charge on any atom is -0.477 e. The first-order valence-electron chi connectivity index (χ1n) is 4.39. The third-order valence-corrected chi connectivity index (χ3v) is 2.86. The lowest BCUT2D eigenvalue weighted by atomic mass is 10.4. The molecule has 82 valence electrons. The Morgan fingerprint density at radius 3 is 2.69 bits per heavy atom. The number of carboxylic acids is 1. The average molecular weight is 236 g/mol. The zero-order chi connectivity index (χ0) is 11.5. The van der Waals surface area contributed by atoms with Gasteiger partial charge in [-0.25, -0.2) is 19.7 Å². The maximum Gasteiger partial charge on any atom is 0.347 e. The first-order chi connectivity index (χ1) is 7.66. The number of carbonyl (C=O) groups is 1. The van der Waals surface area contributed by atoms with Gasteiger partial charge in [-0.15, -0.1) is 0 Å². The van der Waals surface area contributed by atoms with E-state index in [-0.39, 0.29) is 4.88 Å². The van der Waals surface area contributed by atoms with Crippen molar-refractivity contribution in [2.75, 3.05) is 5.32 Å². The summed E-state index contributed by atoms with van der Waals surface area (Å²) in [6.45, 7) is 1.66. The monoisotopic (exact) mass is 236 g/mol. The Hall–Kier alpha value is -2.02. The zero-order valence-corrected chi connectivity index (χ0v) is 9.15. The molecule has 16 heavy (non-hydrogen) atoms. The summed E-state index contributed by atoms with van der Waals surface area (Å²) in [6, 6.07) is 0. The maximum absolute atomic E-state index is 10.8. The minimum atomic E-state index is -0.965. The van der Waals surface area contributed by atoms with Crippen LogP contribution in [0.4, 0.5) is 10.8 Å². The molecule has 0 saturated heterocycles. The molecule has 0 aliphatic heterocycles. The number of nitrogens with zero attached hydrogens (tertiary/aromatic N) is 3. The molecule has 0 aliphatic rings. The molecule has 0 spiro atoms. The Bertz CT molecular complexity index is 511. The number of nitrogens with one attached hydrogen (secondary N) is 1. The van der Waals surface area contributed by atoms with Crippen LogP contribution in [0.3, 0.4) is 0 Å². The summed E-state index contributed by atoms with van der Waals surface area (Å²) in [4.78, 5) is 22.8. The van der Waals surface area contributed by atoms with Crippen molar-refractivity contribution in [2.45, 2.75) is 6.92 Å². The second kappa shape index (κ2) is 4.23. The van der Waals surface area contributed by atoms with Gasteiger partial charge in [0.15, 0.2) is 5.13 Å². The topological polar surface area (TPSA) is 88.0 Å². The second-order valence-electron chi connectivity index (χ2n) is 2.99. The van der Waals surface area contributed by atoms with Crippen molar-refractivity contribution in [1.82, 2.24) is 15.0 Å². The number of hydrogen-bond acceptors (Lipinski definition) is 6. The van der Waals surface area contributed by atoms with Gasteiger partial charge in [0.2, 0.25) is 0 Å². The van der Waals surface area contributed by atoms with E-state index in [4.69, 9.17) is 5.11 Å². The van der Waals surface area contributed by atoms with Crippen molar-refractivity contribution in [2.24, 2.45) is 0 Å². The summed E-state index contributed by atoms with van der Waals surface area (Å²) >= 11 is 1.09. The van der Waals surface area contributed by atoms with E-state index in [1.54, 1.807) is 19.3 Å². The quantitative estimate of drug-likeness (QED) is 0.843. The lowest BCUT2D eigenvalue weighted by molar-refractivity contribution is 0.0701. The highest BCUT2D eigenvalue weighted by atomic mass is 32.1. The number of aromatic nitrogens is 3. The zero-order valence-electron chi connectivity index (χ0n) is 8.34. The van der Waals surface area contributed by atoms with Gasteiger partial charge in [-0.3, -0.25) is 0 Å². The normalized spacial score (nSPS) is 10.1. The van der Waals surface area contributed by atoms with Gasteiger partial charge in [0.25, 0.3) is 0 Å². The summed E-state index contributed by atoms with van der Waals surface area (Å²) in [5.41, 5.74) is 1.17. The smallest absolute Gasteiger partial charge is 0.347 e. The second-order valence-corrected chi connectivity index (χ2v) is 3.99. The van der Waals surface area contributed by atoms with E-state index in [1.165, 1.54) is 6.33 Å². The first kappa shape index (κ1) is 10.5. The van der Waals surface area contributed by atoms with Gasteiger partial charge in [-0.1, -0.05) is 11.3 Å². The van der Waals surface area contributed by atoms with E-state index < -0.39 is 5.97 Å². The fourth-order valence-electron chi connectivity index (χ4n) is 1.14. The maximum atomic E-state index is 10.8. The summed E-state index contributed by atoms with van der Waals surface area (Å²) in [6.07, 6.45) is 4.59. The summed E-state index contributed by atoms with van der Waals surface area (Å²) in [5.74, 6) is -0.965. The summed E-state index contributed by atoms with van der Waals surface area (Å²) in [5, 5.41) is 12.3. The summed E-state index contributed by atoms with van der Waals surface area (Å²) in [7, 11) is 0. The lowest BCUT2D eigenvalue weighted by Crippen LogP contribution is -1.94. The van der Waals surface area contributed by atoms with E-state index in [0.29, 0.717) is 16.5 Å². The van der Waals surface area contributed by atoms with Crippen LogP contribution >= 0.6 is 11.3 Å². The van der Waals surface area contributed by atoms with Crippen LogP contribution in [0, 0.1) is 6.92 Å². The van der Waals surface area contributed by atoms with Crippen molar-refractivity contribution < 1.29 is 9.90 Å². The van der Waals surface area contributed by atoms with Crippen LogP contribution in [0.2, 0.25) is 0 Å². The highest BCUT2D eigenvalue weighted by molar-refractivity contribution is 7.17. The predicted molar refractivity (Wildman–Crippen MR) is 59.1 cm³/mol. The van der Waals surface area contributed by atoms with Crippen molar-refractivity contribution >= 4 is 28.1 Å². The van der Waals surface area contributed by atoms with Crippen LogP contribution in [-0.2, 0) is 0 Å². The Kier molecular flexibility index (Phi) is 2.78. The van der Waals surface area contributed by atoms with E-state index in [0.717, 1.165) is 11.3 Å². The SMILES string of the molecule is Cc1nc(Nc2cncnc2)sc1C(=O)O. The number of aromatic carboxylic acids is 1. The Morgan fingerprint density at radius 2 is 2.12 bits per heavy atom. The molecule has 0 radical (unpaired) electrons. The molecule has 6 nitrogen and oxygen atoms in total. The van der Waals surface area contributed by atoms with E-state index >= 15 is 0 Å². The molecule has 0 saturated carbocycles. The fourth-order valence-corrected chi connectivity index (χ4v) is 1.96. The van der Waals surface area contributed by atoms with Crippen LogP contribution in [-0.4, -0.2) is 26.0 Å². The molecular formula is C9H8N4O2S. The molecule has 0 unspecified atom stereocenters. The highest BCUT2D eigenvalue weighted by Crippen LogP contribution is 2.24. The molecule has 0 aromatic carbocycles. The molecule has 0 fully saturated rings. The molecule has 0 aliphatic carbocycles. The number of carboxylic acid groups (broad SMARTS) is 1. The van der Waals surface area contributed by atoms with Gasteiger partial charge < -0.3 is 10.4 Å². The van der Waals surface area contributed by atoms with Gasteiger partial charge in [0.05, 0.1) is 23.8 Å². The third-order valence-electron chi connectivity index (χ3n) is 1.80. The molecule has 2 heterocycles. The number of rotatable bonds is 3. The van der Waals surface area contributed by atoms with Gasteiger partial charge >= 0.3 is 5.97 Å². The van der Waals surface area contributed by atoms with Crippen LogP contribution < -0.4 is 5.32 Å². The molecule has 2 N–H and O–H groups in total. The number of aryl methyl sites for hydroxylation is 1. The number of hydrogen-bond donors (Lipinski definition) is 2.